The van der Waals surface area contributed by atoms with E-state index in [1.807, 2.05) is 78.9 Å². The van der Waals surface area contributed by atoms with Gasteiger partial charge < -0.3 is 9.73 Å². The van der Waals surface area contributed by atoms with E-state index in [1.165, 1.54) is 5.56 Å². The minimum absolute atomic E-state index is 0.0159. The van der Waals surface area contributed by atoms with Crippen molar-refractivity contribution in [3.8, 4) is 11.3 Å². The Bertz CT molecular complexity index is 1840. The van der Waals surface area contributed by atoms with Gasteiger partial charge in [0.1, 0.15) is 11.3 Å². The highest BCUT2D eigenvalue weighted by Gasteiger charge is 2.22. The maximum atomic E-state index is 13.8. The smallest absolute Gasteiger partial charge is 0.264 e. The van der Waals surface area contributed by atoms with E-state index in [9.17, 15) is 18.0 Å². The lowest BCUT2D eigenvalue weighted by Gasteiger charge is -2.19. The number of benzene rings is 4. The molecule has 0 spiro atoms. The second-order valence-corrected chi connectivity index (χ2v) is 13.4. The van der Waals surface area contributed by atoms with Crippen LogP contribution >= 0.6 is 0 Å². The van der Waals surface area contributed by atoms with Gasteiger partial charge in [-0.3, -0.25) is 14.1 Å². The molecule has 2 N–H and O–H groups in total. The molecular weight excluding hydrogens is 586 g/mol. The second-order valence-electron chi connectivity index (χ2n) is 11.8. The van der Waals surface area contributed by atoms with Crippen LogP contribution in [-0.4, -0.2) is 30.4 Å². The Morgan fingerprint density at radius 2 is 1.47 bits per heavy atom. The van der Waals surface area contributed by atoms with Crippen LogP contribution < -0.4 is 5.32 Å². The Morgan fingerprint density at radius 3 is 2.11 bits per heavy atom. The van der Waals surface area contributed by atoms with E-state index in [1.54, 1.807) is 12.1 Å². The first-order chi connectivity index (χ1) is 21.5. The quantitative estimate of drug-likeness (QED) is 0.101. The number of furan rings is 1. The minimum atomic E-state index is -4.10. The zero-order valence-electron chi connectivity index (χ0n) is 25.4. The van der Waals surface area contributed by atoms with E-state index in [-0.39, 0.29) is 24.5 Å². The average Bonchev–Trinajstić information content (AvgIpc) is 3.44. The van der Waals surface area contributed by atoms with Crippen molar-refractivity contribution in [2.45, 2.75) is 45.4 Å². The molecule has 0 aliphatic rings. The summed E-state index contributed by atoms with van der Waals surface area (Å²) >= 11 is 0. The minimum Gasteiger partial charge on any atom is -0.456 e. The lowest BCUT2D eigenvalue weighted by molar-refractivity contribution is -0.117. The summed E-state index contributed by atoms with van der Waals surface area (Å²) in [6.45, 7) is 4.35. The molecule has 8 heteroatoms. The number of carbonyl (C=O) groups is 2. The van der Waals surface area contributed by atoms with Crippen LogP contribution in [0, 0.1) is 5.92 Å². The van der Waals surface area contributed by atoms with Gasteiger partial charge in [-0.25, -0.2) is 0 Å². The summed E-state index contributed by atoms with van der Waals surface area (Å²) in [5, 5.41) is 4.11. The van der Waals surface area contributed by atoms with Crippen molar-refractivity contribution in [2.24, 2.45) is 5.92 Å². The number of anilines is 1. The Hall–Kier alpha value is -4.53. The van der Waals surface area contributed by atoms with Crippen LogP contribution in [-0.2, 0) is 27.8 Å². The van der Waals surface area contributed by atoms with Crippen molar-refractivity contribution < 1.29 is 27.0 Å². The molecule has 1 amide bonds. The van der Waals surface area contributed by atoms with E-state index < -0.39 is 21.8 Å². The largest absolute Gasteiger partial charge is 0.456 e. The maximum absolute atomic E-state index is 13.8. The number of ketones is 1. The molecule has 4 aromatic carbocycles. The highest BCUT2D eigenvalue weighted by atomic mass is 32.2. The molecule has 0 bridgehead atoms. The summed E-state index contributed by atoms with van der Waals surface area (Å²) in [7, 11) is -4.10. The molecule has 5 rings (SSSR count). The Morgan fingerprint density at radius 1 is 0.822 bits per heavy atom. The zero-order chi connectivity index (χ0) is 32.0. The van der Waals surface area contributed by atoms with Gasteiger partial charge in [0.25, 0.3) is 10.1 Å². The van der Waals surface area contributed by atoms with Crippen molar-refractivity contribution in [1.29, 1.82) is 0 Å². The van der Waals surface area contributed by atoms with Crippen LogP contribution in [0.5, 0.6) is 0 Å². The van der Waals surface area contributed by atoms with E-state index in [2.05, 4.69) is 31.3 Å². The van der Waals surface area contributed by atoms with Crippen LogP contribution in [0.4, 0.5) is 5.69 Å². The second kappa shape index (κ2) is 14.1. The van der Waals surface area contributed by atoms with Gasteiger partial charge >= 0.3 is 0 Å². The van der Waals surface area contributed by atoms with Crippen LogP contribution in [0.2, 0.25) is 0 Å². The summed E-state index contributed by atoms with van der Waals surface area (Å²) in [6.07, 6.45) is 1.44. The molecule has 1 unspecified atom stereocenters. The Kier molecular flexibility index (Phi) is 9.96. The normalized spacial score (nSPS) is 12.4. The molecule has 0 aliphatic carbocycles. The van der Waals surface area contributed by atoms with Crippen molar-refractivity contribution >= 4 is 38.5 Å². The first-order valence-electron chi connectivity index (χ1n) is 15.1. The van der Waals surface area contributed by atoms with E-state index in [0.717, 1.165) is 39.8 Å². The van der Waals surface area contributed by atoms with E-state index in [0.29, 0.717) is 23.6 Å². The number of hydrogen-bond acceptors (Lipinski definition) is 5. The van der Waals surface area contributed by atoms with Crippen LogP contribution in [0.15, 0.2) is 108 Å². The third kappa shape index (κ3) is 8.77. The van der Waals surface area contributed by atoms with Crippen LogP contribution in [0.25, 0.3) is 22.3 Å². The molecule has 0 radical (unpaired) electrons. The fourth-order valence-corrected chi connectivity index (χ4v) is 5.92. The third-order valence-electron chi connectivity index (χ3n) is 7.73. The van der Waals surface area contributed by atoms with Gasteiger partial charge in [-0.1, -0.05) is 80.6 Å². The lowest BCUT2D eigenvalue weighted by atomic mass is 9.89. The Labute approximate surface area is 264 Å². The summed E-state index contributed by atoms with van der Waals surface area (Å²) < 4.78 is 36.8. The molecule has 232 valence electrons. The highest BCUT2D eigenvalue weighted by molar-refractivity contribution is 7.85. The molecule has 0 aliphatic heterocycles. The van der Waals surface area contributed by atoms with Crippen LogP contribution in [0.1, 0.15) is 59.7 Å². The van der Waals surface area contributed by atoms with Crippen LogP contribution in [0.3, 0.4) is 0 Å². The number of Topliss-reactive ketones (excluding diaryl/α,β-unsaturated/α-hetero) is 1. The highest BCUT2D eigenvalue weighted by Crippen LogP contribution is 2.30. The summed E-state index contributed by atoms with van der Waals surface area (Å²) in [6, 6.07) is 32.7. The van der Waals surface area contributed by atoms with E-state index >= 15 is 0 Å². The molecular formula is C37H37NO6S. The molecule has 0 fully saturated rings. The number of nitrogens with one attached hydrogen (secondary N) is 1. The van der Waals surface area contributed by atoms with Gasteiger partial charge in [0.05, 0.1) is 11.7 Å². The van der Waals surface area contributed by atoms with Gasteiger partial charge in [0.15, 0.2) is 5.78 Å². The van der Waals surface area contributed by atoms with Crippen molar-refractivity contribution in [3.05, 3.63) is 125 Å². The molecule has 1 aromatic heterocycles. The van der Waals surface area contributed by atoms with Crippen molar-refractivity contribution in [2.75, 3.05) is 11.1 Å². The number of fused-ring (bicyclic) bond motifs is 1. The first-order valence-corrected chi connectivity index (χ1v) is 16.7. The van der Waals surface area contributed by atoms with Crippen molar-refractivity contribution in [1.82, 2.24) is 0 Å². The zero-order valence-corrected chi connectivity index (χ0v) is 26.2. The molecule has 5 aromatic rings. The third-order valence-corrected chi connectivity index (χ3v) is 8.53. The average molecular weight is 624 g/mol. The van der Waals surface area contributed by atoms with Crippen molar-refractivity contribution in [3.63, 3.8) is 0 Å². The molecule has 0 saturated carbocycles. The topological polar surface area (TPSA) is 114 Å². The summed E-state index contributed by atoms with van der Waals surface area (Å²) in [5.41, 5.74) is 5.85. The fourth-order valence-electron chi connectivity index (χ4n) is 5.41. The number of hydrogen-bond donors (Lipinski definition) is 2. The first kappa shape index (κ1) is 31.9. The fraction of sp³-hybridized carbons (Fsp3) is 0.243. The predicted molar refractivity (Wildman–Crippen MR) is 178 cm³/mol. The number of amides is 1. The van der Waals surface area contributed by atoms with Gasteiger partial charge in [-0.2, -0.15) is 8.42 Å². The standard InChI is InChI=1S/C37H37NO6S/c1-25(2)22-26-9-13-28(14-10-26)33(23-27-11-15-29(16-12-27)34(39)7-5-21-45(41,42)43)37(40)38-32-19-17-30(18-20-32)36-24-31-6-3-4-8-35(31)44-36/h3-4,6,8-20,24-25,33H,5,7,21-23H2,1-2H3,(H,38,40)(H,41,42,43). The van der Waals surface area contributed by atoms with Gasteiger partial charge in [0, 0.05) is 28.6 Å². The maximum Gasteiger partial charge on any atom is 0.264 e. The molecule has 1 atom stereocenters. The lowest BCUT2D eigenvalue weighted by Crippen LogP contribution is -2.23. The predicted octanol–water partition coefficient (Wildman–Crippen LogP) is 8.11. The molecule has 45 heavy (non-hydrogen) atoms. The van der Waals surface area contributed by atoms with Gasteiger partial charge in [0.2, 0.25) is 5.91 Å². The van der Waals surface area contributed by atoms with Gasteiger partial charge in [-0.05, 0) is 78.3 Å². The summed E-state index contributed by atoms with van der Waals surface area (Å²) in [4.78, 5) is 26.3. The summed E-state index contributed by atoms with van der Waals surface area (Å²) in [5.74, 6) is -0.00329. The molecule has 7 nitrogen and oxygen atoms in total. The number of para-hydroxylation sites is 1. The van der Waals surface area contributed by atoms with E-state index in [4.69, 9.17) is 8.97 Å². The molecule has 0 saturated heterocycles. The SMILES string of the molecule is CC(C)Cc1ccc(C(Cc2ccc(C(=O)CCCS(=O)(=O)O)cc2)C(=O)Nc2ccc(-c3cc4ccccc4o3)cc2)cc1. The van der Waals surface area contributed by atoms with Gasteiger partial charge in [-0.15, -0.1) is 0 Å². The number of rotatable bonds is 13. The molecule has 1 heterocycles. The Balaban J connectivity index is 1.32. The number of carbonyl (C=O) groups excluding carboxylic acids is 2. The monoisotopic (exact) mass is 623 g/mol.